The number of halogens is 4. The fourth-order valence-electron chi connectivity index (χ4n) is 4.22. The molecule has 12 heteroatoms. The first-order valence-corrected chi connectivity index (χ1v) is 12.4. The lowest BCUT2D eigenvalue weighted by Crippen LogP contribution is -2.38. The van der Waals surface area contributed by atoms with Gasteiger partial charge in [0, 0.05) is 24.0 Å². The van der Waals surface area contributed by atoms with E-state index in [4.69, 9.17) is 0 Å². The van der Waals surface area contributed by atoms with Crippen molar-refractivity contribution >= 4 is 15.7 Å². The molecule has 1 N–H and O–H groups in total. The normalized spacial score (nSPS) is 18.5. The van der Waals surface area contributed by atoms with E-state index in [1.54, 1.807) is 19.1 Å². The maximum absolute atomic E-state index is 13.6. The number of pyridine rings is 1. The largest absolute Gasteiger partial charge is 0.435 e. The number of carbonyl (C=O) groups excluding carboxylic acids is 1. The number of alkyl halides is 3. The van der Waals surface area contributed by atoms with Crippen LogP contribution in [0.25, 0.3) is 5.69 Å². The van der Waals surface area contributed by atoms with E-state index in [1.165, 1.54) is 6.20 Å². The highest BCUT2D eigenvalue weighted by atomic mass is 32.2. The van der Waals surface area contributed by atoms with Crippen LogP contribution in [0.3, 0.4) is 0 Å². The Kier molecular flexibility index (Phi) is 6.67. The molecule has 1 aromatic carbocycles. The van der Waals surface area contributed by atoms with E-state index < -0.39 is 51.1 Å². The van der Waals surface area contributed by atoms with Gasteiger partial charge in [-0.2, -0.15) is 18.3 Å². The zero-order valence-electron chi connectivity index (χ0n) is 18.6. The summed E-state index contributed by atoms with van der Waals surface area (Å²) in [4.78, 5) is 16.8. The molecule has 2 atom stereocenters. The van der Waals surface area contributed by atoms with Crippen molar-refractivity contribution in [3.63, 3.8) is 0 Å². The van der Waals surface area contributed by atoms with E-state index in [9.17, 15) is 30.8 Å². The van der Waals surface area contributed by atoms with Crippen LogP contribution in [0.5, 0.6) is 0 Å². The van der Waals surface area contributed by atoms with Gasteiger partial charge in [0.25, 0.3) is 0 Å². The van der Waals surface area contributed by atoms with Crippen molar-refractivity contribution < 1.29 is 30.8 Å². The number of carbonyl (C=O) groups is 1. The maximum Gasteiger partial charge on any atom is 0.435 e. The molecule has 0 bridgehead atoms. The number of aromatic nitrogens is 3. The quantitative estimate of drug-likeness (QED) is 0.400. The summed E-state index contributed by atoms with van der Waals surface area (Å²) in [7, 11) is -3.93. The fourth-order valence-corrected chi connectivity index (χ4v) is 6.25. The van der Waals surface area contributed by atoms with E-state index in [2.05, 4.69) is 15.4 Å². The number of benzene rings is 1. The minimum Gasteiger partial charge on any atom is -0.352 e. The Morgan fingerprint density at radius 3 is 2.49 bits per heavy atom. The molecule has 186 valence electrons. The van der Waals surface area contributed by atoms with E-state index in [1.807, 2.05) is 0 Å². The van der Waals surface area contributed by atoms with Crippen LogP contribution in [0.1, 0.15) is 36.2 Å². The van der Waals surface area contributed by atoms with E-state index in [-0.39, 0.29) is 23.3 Å². The number of aryl methyl sites for hydroxylation is 1. The summed E-state index contributed by atoms with van der Waals surface area (Å²) in [6.07, 6.45) is -1.24. The number of rotatable bonds is 6. The van der Waals surface area contributed by atoms with Crippen molar-refractivity contribution in [2.45, 2.75) is 49.1 Å². The minimum absolute atomic E-state index is 0.101. The van der Waals surface area contributed by atoms with Gasteiger partial charge in [0.05, 0.1) is 27.9 Å². The van der Waals surface area contributed by atoms with Crippen molar-refractivity contribution in [3.8, 4) is 5.69 Å². The zero-order valence-corrected chi connectivity index (χ0v) is 19.4. The molecule has 0 saturated heterocycles. The lowest BCUT2D eigenvalue weighted by molar-refractivity contribution is -0.142. The number of nitrogens with one attached hydrogen (secondary N) is 1. The number of hydrogen-bond acceptors (Lipinski definition) is 5. The van der Waals surface area contributed by atoms with Gasteiger partial charge in [0.2, 0.25) is 5.91 Å². The van der Waals surface area contributed by atoms with Crippen LogP contribution in [0.4, 0.5) is 17.6 Å². The minimum atomic E-state index is -4.76. The second-order valence-corrected chi connectivity index (χ2v) is 10.6. The van der Waals surface area contributed by atoms with Crippen LogP contribution < -0.4 is 5.32 Å². The number of hydrogen-bond donors (Lipinski definition) is 1. The van der Waals surface area contributed by atoms with Crippen molar-refractivity contribution in [1.29, 1.82) is 0 Å². The molecule has 35 heavy (non-hydrogen) atoms. The third-order valence-electron chi connectivity index (χ3n) is 6.00. The lowest BCUT2D eigenvalue weighted by Gasteiger charge is -2.20. The molecule has 0 radical (unpaired) electrons. The van der Waals surface area contributed by atoms with Gasteiger partial charge < -0.3 is 5.32 Å². The molecule has 2 heterocycles. The number of sulfone groups is 1. The molecule has 1 saturated carbocycles. The molecule has 1 aliphatic carbocycles. The van der Waals surface area contributed by atoms with E-state index in [0.29, 0.717) is 17.8 Å². The summed E-state index contributed by atoms with van der Waals surface area (Å²) in [6.45, 7) is 1.26. The summed E-state index contributed by atoms with van der Waals surface area (Å²) in [5, 5.41) is 5.04. The molecule has 3 aromatic rings. The summed E-state index contributed by atoms with van der Waals surface area (Å²) in [6, 6.07) is 7.53. The Morgan fingerprint density at radius 1 is 1.14 bits per heavy atom. The highest BCUT2D eigenvalue weighted by Gasteiger charge is 2.42. The van der Waals surface area contributed by atoms with Gasteiger partial charge in [0.1, 0.15) is 5.82 Å². The van der Waals surface area contributed by atoms with Gasteiger partial charge in [-0.25, -0.2) is 17.5 Å². The lowest BCUT2D eigenvalue weighted by atomic mass is 10.1. The van der Waals surface area contributed by atoms with Crippen molar-refractivity contribution in [1.82, 2.24) is 20.1 Å². The Balaban J connectivity index is 1.53. The van der Waals surface area contributed by atoms with Crippen LogP contribution in [-0.4, -0.2) is 34.3 Å². The first kappa shape index (κ1) is 24.8. The molecular weight excluding hydrogens is 488 g/mol. The first-order chi connectivity index (χ1) is 16.5. The van der Waals surface area contributed by atoms with Crippen LogP contribution in [0.2, 0.25) is 0 Å². The summed E-state index contributed by atoms with van der Waals surface area (Å²) < 4.78 is 81.1. The van der Waals surface area contributed by atoms with Gasteiger partial charge in [-0.1, -0.05) is 6.42 Å². The Morgan fingerprint density at radius 2 is 1.86 bits per heavy atom. The average molecular weight is 511 g/mol. The van der Waals surface area contributed by atoms with Crippen molar-refractivity contribution in [2.75, 3.05) is 0 Å². The summed E-state index contributed by atoms with van der Waals surface area (Å²) in [5.41, 5.74) is -0.409. The molecule has 1 aliphatic rings. The summed E-state index contributed by atoms with van der Waals surface area (Å²) >= 11 is 0. The zero-order chi connectivity index (χ0) is 25.4. The van der Waals surface area contributed by atoms with Gasteiger partial charge in [-0.05, 0) is 56.2 Å². The van der Waals surface area contributed by atoms with E-state index >= 15 is 0 Å². The van der Waals surface area contributed by atoms with Gasteiger partial charge in [-0.3, -0.25) is 9.78 Å². The van der Waals surface area contributed by atoms with Crippen molar-refractivity contribution in [3.05, 3.63) is 71.6 Å². The predicted molar refractivity (Wildman–Crippen MR) is 118 cm³/mol. The third kappa shape index (κ3) is 5.21. The number of amides is 1. The monoisotopic (exact) mass is 510 g/mol. The molecule has 7 nitrogen and oxygen atoms in total. The average Bonchev–Trinajstić information content (AvgIpc) is 3.46. The Bertz CT molecular complexity index is 1320. The molecule has 0 unspecified atom stereocenters. The van der Waals surface area contributed by atoms with Crippen LogP contribution in [0.15, 0.2) is 53.7 Å². The first-order valence-electron chi connectivity index (χ1n) is 10.8. The molecule has 1 fully saturated rings. The molecule has 1 amide bonds. The third-order valence-corrected chi connectivity index (χ3v) is 8.29. The van der Waals surface area contributed by atoms with Crippen LogP contribution >= 0.6 is 0 Å². The highest BCUT2D eigenvalue weighted by molar-refractivity contribution is 7.92. The summed E-state index contributed by atoms with van der Waals surface area (Å²) in [5.74, 6) is -2.18. The maximum atomic E-state index is 13.6. The second kappa shape index (κ2) is 9.40. The van der Waals surface area contributed by atoms with Gasteiger partial charge in [0.15, 0.2) is 15.5 Å². The molecule has 4 rings (SSSR count). The molecule has 2 aromatic heterocycles. The van der Waals surface area contributed by atoms with E-state index in [0.717, 1.165) is 35.1 Å². The molecular formula is C23H22F4N4O3S. The standard InChI is InChI=1S/C23H22F4N4O3S/c1-14-5-8-17(12-28-14)31-13-15(21(30-31)23(25,26)27)11-29-22(32)19-3-2-4-20(19)35(33,34)18-9-6-16(24)7-10-18/h5-10,12-13,19-20H,2-4,11H2,1H3,(H,29,32)/t19-,20+/m1/s1. The van der Waals surface area contributed by atoms with Gasteiger partial charge in [-0.15, -0.1) is 0 Å². The SMILES string of the molecule is Cc1ccc(-n2cc(CNC(=O)[C@@H]3CCC[C@@H]3S(=O)(=O)c3ccc(F)cc3)c(C(F)(F)F)n2)cn1. The predicted octanol–water partition coefficient (Wildman–Crippen LogP) is 3.99. The van der Waals surface area contributed by atoms with Crippen LogP contribution in [-0.2, 0) is 27.4 Å². The molecule has 0 spiro atoms. The highest BCUT2D eigenvalue weighted by Crippen LogP contribution is 2.35. The Labute approximate surface area is 199 Å². The second-order valence-electron chi connectivity index (χ2n) is 8.40. The van der Waals surface area contributed by atoms with Crippen LogP contribution in [0, 0.1) is 18.7 Å². The van der Waals surface area contributed by atoms with Gasteiger partial charge >= 0.3 is 6.18 Å². The topological polar surface area (TPSA) is 94.0 Å². The van der Waals surface area contributed by atoms with Crippen molar-refractivity contribution in [2.24, 2.45) is 5.92 Å². The number of nitrogens with zero attached hydrogens (tertiary/aromatic N) is 3. The molecule has 0 aliphatic heterocycles. The smallest absolute Gasteiger partial charge is 0.352 e. The fraction of sp³-hybridized carbons (Fsp3) is 0.348. The Hall–Kier alpha value is -3.28.